The summed E-state index contributed by atoms with van der Waals surface area (Å²) in [6.07, 6.45) is 0.549. The van der Waals surface area contributed by atoms with Crippen LogP contribution in [0.15, 0.2) is 0 Å². The number of amides is 1. The van der Waals surface area contributed by atoms with Crippen molar-refractivity contribution in [1.29, 1.82) is 0 Å². The Hall–Kier alpha value is -1.24. The van der Waals surface area contributed by atoms with Gasteiger partial charge in [-0.15, -0.1) is 0 Å². The molecule has 4 N–H and O–H groups in total. The molecule has 1 aromatic heterocycles. The van der Waals surface area contributed by atoms with Gasteiger partial charge in [-0.25, -0.2) is 0 Å². The number of halogens is 2. The second-order valence-electron chi connectivity index (χ2n) is 4.77. The fourth-order valence-corrected chi connectivity index (χ4v) is 2.68. The van der Waals surface area contributed by atoms with E-state index in [0.717, 1.165) is 0 Å². The summed E-state index contributed by atoms with van der Waals surface area (Å²) >= 11 is 11.9. The molecule has 2 atom stereocenters. The smallest absolute Gasteiger partial charge is 0.309 e. The Morgan fingerprint density at radius 2 is 2.05 bits per heavy atom. The Balaban J connectivity index is 2.13. The molecule has 1 aromatic rings. The number of aryl methyl sites for hydroxylation is 1. The highest BCUT2D eigenvalue weighted by Gasteiger charge is 2.32. The predicted molar refractivity (Wildman–Crippen MR) is 75.4 cm³/mol. The zero-order valence-electron chi connectivity index (χ0n) is 10.8. The topological polar surface area (TPSA) is 94.2 Å². The molecule has 2 rings (SSSR count). The highest BCUT2D eigenvalue weighted by molar-refractivity contribution is 6.44. The molecule has 0 bridgehead atoms. The minimum Gasteiger partial charge on any atom is -0.481 e. The number of piperidine rings is 1. The first-order valence-corrected chi connectivity index (χ1v) is 6.95. The fourth-order valence-electron chi connectivity index (χ4n) is 2.26. The van der Waals surface area contributed by atoms with Gasteiger partial charge in [-0.3, -0.25) is 9.59 Å². The Labute approximate surface area is 125 Å². The Morgan fingerprint density at radius 1 is 1.35 bits per heavy atom. The Bertz CT molecular complexity index is 544. The van der Waals surface area contributed by atoms with E-state index in [1.165, 1.54) is 0 Å². The van der Waals surface area contributed by atoms with Gasteiger partial charge in [0.2, 0.25) is 0 Å². The molecule has 110 valence electrons. The van der Waals surface area contributed by atoms with Crippen LogP contribution in [0.1, 0.15) is 22.6 Å². The average molecular weight is 320 g/mol. The van der Waals surface area contributed by atoms with Crippen molar-refractivity contribution in [2.75, 3.05) is 13.1 Å². The van der Waals surface area contributed by atoms with Crippen LogP contribution in [0, 0.1) is 12.8 Å². The summed E-state index contributed by atoms with van der Waals surface area (Å²) in [6.45, 7) is 2.70. The monoisotopic (exact) mass is 319 g/mol. The van der Waals surface area contributed by atoms with Crippen LogP contribution in [0.4, 0.5) is 0 Å². The molecule has 0 saturated carbocycles. The highest BCUT2D eigenvalue weighted by atomic mass is 35.5. The highest BCUT2D eigenvalue weighted by Crippen LogP contribution is 2.29. The van der Waals surface area contributed by atoms with Crippen LogP contribution >= 0.6 is 23.2 Å². The zero-order valence-corrected chi connectivity index (χ0v) is 12.3. The molecule has 0 aliphatic carbocycles. The van der Waals surface area contributed by atoms with Gasteiger partial charge in [-0.1, -0.05) is 23.2 Å². The van der Waals surface area contributed by atoms with Gasteiger partial charge < -0.3 is 20.7 Å². The third-order valence-corrected chi connectivity index (χ3v) is 4.34. The number of hydrogen-bond donors (Lipinski definition) is 4. The molecule has 20 heavy (non-hydrogen) atoms. The van der Waals surface area contributed by atoms with E-state index in [9.17, 15) is 9.59 Å². The summed E-state index contributed by atoms with van der Waals surface area (Å²) in [5, 5.41) is 15.3. The van der Waals surface area contributed by atoms with Crippen LogP contribution < -0.4 is 10.6 Å². The summed E-state index contributed by atoms with van der Waals surface area (Å²) in [6, 6.07) is -0.431. The van der Waals surface area contributed by atoms with E-state index in [-0.39, 0.29) is 10.7 Å². The number of aromatic nitrogens is 1. The number of carboxylic acids is 1. The van der Waals surface area contributed by atoms with Crippen molar-refractivity contribution >= 4 is 35.1 Å². The molecule has 1 amide bonds. The van der Waals surface area contributed by atoms with Crippen LogP contribution in [-0.2, 0) is 4.79 Å². The van der Waals surface area contributed by atoms with Crippen molar-refractivity contribution in [3.8, 4) is 0 Å². The summed E-state index contributed by atoms with van der Waals surface area (Å²) in [5.41, 5.74) is 0.763. The molecule has 0 aromatic carbocycles. The van der Waals surface area contributed by atoms with Gasteiger partial charge in [-0.05, 0) is 19.9 Å². The SMILES string of the molecule is Cc1[nH]c(C(=O)N[C@H]2CCNC[C@H]2C(=O)O)c(Cl)c1Cl. The van der Waals surface area contributed by atoms with Crippen LogP contribution in [0.2, 0.25) is 10.0 Å². The molecule has 1 saturated heterocycles. The molecular formula is C12H15Cl2N3O3. The van der Waals surface area contributed by atoms with E-state index in [0.29, 0.717) is 30.2 Å². The summed E-state index contributed by atoms with van der Waals surface area (Å²) in [5.74, 6) is -2.03. The Kier molecular flexibility index (Phi) is 4.57. The number of carbonyl (C=O) groups is 2. The lowest BCUT2D eigenvalue weighted by atomic mass is 9.93. The largest absolute Gasteiger partial charge is 0.481 e. The molecular weight excluding hydrogens is 305 g/mol. The lowest BCUT2D eigenvalue weighted by molar-refractivity contribution is -0.143. The predicted octanol–water partition coefficient (Wildman–Crippen LogP) is 1.42. The first-order valence-electron chi connectivity index (χ1n) is 6.19. The minimum atomic E-state index is -0.936. The van der Waals surface area contributed by atoms with Gasteiger partial charge in [0.05, 0.1) is 16.0 Å². The molecule has 2 heterocycles. The number of aliphatic carboxylic acids is 1. The summed E-state index contributed by atoms with van der Waals surface area (Å²) in [7, 11) is 0. The average Bonchev–Trinajstić information content (AvgIpc) is 2.67. The molecule has 1 aliphatic heterocycles. The van der Waals surface area contributed by atoms with Gasteiger partial charge in [0.1, 0.15) is 5.69 Å². The minimum absolute atomic E-state index is 0.155. The number of carbonyl (C=O) groups excluding carboxylic acids is 1. The van der Waals surface area contributed by atoms with Crippen molar-refractivity contribution in [3.63, 3.8) is 0 Å². The number of hydrogen-bond acceptors (Lipinski definition) is 3. The van der Waals surface area contributed by atoms with E-state index >= 15 is 0 Å². The quantitative estimate of drug-likeness (QED) is 0.677. The van der Waals surface area contributed by atoms with E-state index in [1.807, 2.05) is 0 Å². The van der Waals surface area contributed by atoms with E-state index < -0.39 is 23.8 Å². The van der Waals surface area contributed by atoms with E-state index in [1.54, 1.807) is 6.92 Å². The summed E-state index contributed by atoms with van der Waals surface area (Å²) in [4.78, 5) is 26.1. The van der Waals surface area contributed by atoms with Crippen LogP contribution in [0.5, 0.6) is 0 Å². The van der Waals surface area contributed by atoms with Gasteiger partial charge in [0.25, 0.3) is 5.91 Å². The molecule has 1 aliphatic rings. The molecule has 0 spiro atoms. The Morgan fingerprint density at radius 3 is 2.60 bits per heavy atom. The van der Waals surface area contributed by atoms with Crippen LogP contribution in [-0.4, -0.2) is 41.1 Å². The van der Waals surface area contributed by atoms with E-state index in [2.05, 4.69) is 15.6 Å². The van der Waals surface area contributed by atoms with Crippen molar-refractivity contribution in [3.05, 3.63) is 21.4 Å². The maximum Gasteiger partial charge on any atom is 0.309 e. The molecule has 8 heteroatoms. The van der Waals surface area contributed by atoms with Crippen LogP contribution in [0.25, 0.3) is 0 Å². The van der Waals surface area contributed by atoms with Crippen molar-refractivity contribution < 1.29 is 14.7 Å². The van der Waals surface area contributed by atoms with Crippen molar-refractivity contribution in [1.82, 2.24) is 15.6 Å². The molecule has 1 fully saturated rings. The number of carboxylic acid groups (broad SMARTS) is 1. The molecule has 6 nitrogen and oxygen atoms in total. The van der Waals surface area contributed by atoms with Gasteiger partial charge in [-0.2, -0.15) is 0 Å². The number of aromatic amines is 1. The number of nitrogens with one attached hydrogen (secondary N) is 3. The lowest BCUT2D eigenvalue weighted by Crippen LogP contribution is -2.52. The van der Waals surface area contributed by atoms with Crippen molar-refractivity contribution in [2.45, 2.75) is 19.4 Å². The van der Waals surface area contributed by atoms with Gasteiger partial charge in [0.15, 0.2) is 0 Å². The first-order chi connectivity index (χ1) is 9.41. The second-order valence-corrected chi connectivity index (χ2v) is 5.53. The first kappa shape index (κ1) is 15.2. The summed E-state index contributed by atoms with van der Waals surface area (Å²) < 4.78 is 0. The standard InChI is InChI=1S/C12H15Cl2N3O3/c1-5-8(13)9(14)10(16-5)11(18)17-7-2-3-15-4-6(7)12(19)20/h6-7,15-16H,2-4H2,1H3,(H,17,18)(H,19,20)/t6-,7+/m1/s1. The normalized spacial score (nSPS) is 22.6. The van der Waals surface area contributed by atoms with Gasteiger partial charge in [0, 0.05) is 18.3 Å². The maximum absolute atomic E-state index is 12.2. The lowest BCUT2D eigenvalue weighted by Gasteiger charge is -2.29. The fraction of sp³-hybridized carbons (Fsp3) is 0.500. The van der Waals surface area contributed by atoms with E-state index in [4.69, 9.17) is 28.3 Å². The van der Waals surface area contributed by atoms with Crippen molar-refractivity contribution in [2.24, 2.45) is 5.92 Å². The van der Waals surface area contributed by atoms with Crippen LogP contribution in [0.3, 0.4) is 0 Å². The number of rotatable bonds is 3. The third-order valence-electron chi connectivity index (χ3n) is 3.40. The molecule has 0 unspecified atom stereocenters. The number of H-pyrrole nitrogens is 1. The molecule has 0 radical (unpaired) electrons. The third kappa shape index (κ3) is 2.92. The maximum atomic E-state index is 12.2. The second kappa shape index (κ2) is 6.03. The zero-order chi connectivity index (χ0) is 14.9. The van der Waals surface area contributed by atoms with Gasteiger partial charge >= 0.3 is 5.97 Å².